The van der Waals surface area contributed by atoms with Crippen molar-refractivity contribution >= 4 is 16.9 Å². The Balaban J connectivity index is 1.99. The molecule has 0 bridgehead atoms. The van der Waals surface area contributed by atoms with Crippen LogP contribution in [0.4, 0.5) is 0 Å². The average Bonchev–Trinajstić information content (AvgIpc) is 2.69. The Morgan fingerprint density at radius 2 is 1.87 bits per heavy atom. The summed E-state index contributed by atoms with van der Waals surface area (Å²) in [5.74, 6) is -0.857. The number of carboxylic acids is 1. The summed E-state index contributed by atoms with van der Waals surface area (Å²) in [6, 6.07) is 5.86. The fraction of sp³-hybridized carbons (Fsp3) is 0.526. The lowest BCUT2D eigenvalue weighted by molar-refractivity contribution is 0.0697. The molecule has 1 aromatic carbocycles. The molecule has 1 N–H and O–H groups in total. The van der Waals surface area contributed by atoms with Crippen molar-refractivity contribution in [3.63, 3.8) is 0 Å². The molecule has 1 aliphatic rings. The maximum Gasteiger partial charge on any atom is 0.335 e. The lowest BCUT2D eigenvalue weighted by Crippen LogP contribution is -2.23. The number of hydrogen-bond acceptors (Lipinski definition) is 2. The molecule has 0 radical (unpaired) electrons. The van der Waals surface area contributed by atoms with Crippen molar-refractivity contribution in [1.29, 1.82) is 0 Å². The number of benzene rings is 1. The minimum absolute atomic E-state index is 0.367. The number of hydrogen-bond donors (Lipinski definition) is 1. The van der Waals surface area contributed by atoms with Crippen molar-refractivity contribution in [2.45, 2.75) is 52.1 Å². The first kappa shape index (κ1) is 16.1. The molecule has 0 spiro atoms. The van der Waals surface area contributed by atoms with E-state index in [9.17, 15) is 9.90 Å². The molecule has 1 fully saturated rings. The third-order valence-electron chi connectivity index (χ3n) is 4.81. The minimum atomic E-state index is -0.857. The highest BCUT2D eigenvalue weighted by Gasteiger charge is 2.16. The second-order valence-electron chi connectivity index (χ2n) is 6.88. The Morgan fingerprint density at radius 1 is 1.17 bits per heavy atom. The predicted octanol–water partition coefficient (Wildman–Crippen LogP) is 4.30. The minimum Gasteiger partial charge on any atom is -0.478 e. The number of rotatable bonds is 4. The van der Waals surface area contributed by atoms with Crippen molar-refractivity contribution < 1.29 is 9.90 Å². The van der Waals surface area contributed by atoms with Crippen molar-refractivity contribution in [2.75, 3.05) is 13.1 Å². The van der Waals surface area contributed by atoms with E-state index in [0.29, 0.717) is 11.6 Å². The van der Waals surface area contributed by atoms with Gasteiger partial charge in [-0.05, 0) is 63.5 Å². The van der Waals surface area contributed by atoms with Gasteiger partial charge in [-0.15, -0.1) is 0 Å². The van der Waals surface area contributed by atoms with E-state index in [1.165, 1.54) is 31.2 Å². The fourth-order valence-electron chi connectivity index (χ4n) is 3.55. The van der Waals surface area contributed by atoms with Crippen molar-refractivity contribution in [1.82, 2.24) is 9.47 Å². The molecule has 0 aliphatic carbocycles. The van der Waals surface area contributed by atoms with E-state index in [-0.39, 0.29) is 0 Å². The van der Waals surface area contributed by atoms with Gasteiger partial charge in [-0.25, -0.2) is 4.79 Å². The average molecular weight is 314 g/mol. The number of nitrogens with zero attached hydrogens (tertiary/aromatic N) is 2. The zero-order valence-corrected chi connectivity index (χ0v) is 14.1. The van der Waals surface area contributed by atoms with Crippen molar-refractivity contribution in [3.05, 3.63) is 35.5 Å². The molecule has 4 heteroatoms. The quantitative estimate of drug-likeness (QED) is 0.915. The largest absolute Gasteiger partial charge is 0.478 e. The Bertz CT molecular complexity index is 695. The van der Waals surface area contributed by atoms with E-state index >= 15 is 0 Å². The molecule has 0 saturated carbocycles. The highest BCUT2D eigenvalue weighted by atomic mass is 16.4. The van der Waals surface area contributed by atoms with Crippen molar-refractivity contribution in [2.24, 2.45) is 0 Å². The zero-order chi connectivity index (χ0) is 16.4. The molecule has 1 aromatic heterocycles. The summed E-state index contributed by atoms with van der Waals surface area (Å²) >= 11 is 0. The number of carboxylic acid groups (broad SMARTS) is 1. The summed E-state index contributed by atoms with van der Waals surface area (Å²) in [5, 5.41) is 10.4. The molecule has 3 rings (SSSR count). The van der Waals surface area contributed by atoms with Crippen LogP contribution in [0.3, 0.4) is 0 Å². The van der Waals surface area contributed by atoms with Gasteiger partial charge in [0.25, 0.3) is 0 Å². The van der Waals surface area contributed by atoms with Crippen LogP contribution in [0.5, 0.6) is 0 Å². The SMILES string of the molecule is CC(C)n1cc(CN2CCCCCC2)c2cc(C(=O)O)ccc21. The highest BCUT2D eigenvalue weighted by molar-refractivity contribution is 5.95. The van der Waals surface area contributed by atoms with Gasteiger partial charge < -0.3 is 9.67 Å². The maximum atomic E-state index is 11.3. The van der Waals surface area contributed by atoms with E-state index in [0.717, 1.165) is 30.5 Å². The lowest BCUT2D eigenvalue weighted by Gasteiger charge is -2.19. The van der Waals surface area contributed by atoms with E-state index in [2.05, 4.69) is 29.5 Å². The molecule has 2 aromatic rings. The molecular weight excluding hydrogens is 288 g/mol. The third-order valence-corrected chi connectivity index (χ3v) is 4.81. The number of fused-ring (bicyclic) bond motifs is 1. The monoisotopic (exact) mass is 314 g/mol. The standard InChI is InChI=1S/C19H26N2O2/c1-14(2)21-13-16(12-20-9-5-3-4-6-10-20)17-11-15(19(22)23)7-8-18(17)21/h7-8,11,13-14H,3-6,9-10,12H2,1-2H3,(H,22,23). The van der Waals surface area contributed by atoms with Crippen LogP contribution < -0.4 is 0 Å². The van der Waals surface area contributed by atoms with Gasteiger partial charge in [0.1, 0.15) is 0 Å². The Kier molecular flexibility index (Phi) is 4.71. The van der Waals surface area contributed by atoms with Gasteiger partial charge in [0.2, 0.25) is 0 Å². The van der Waals surface area contributed by atoms with E-state index in [1.807, 2.05) is 12.1 Å². The molecule has 124 valence electrons. The molecule has 1 aliphatic heterocycles. The van der Waals surface area contributed by atoms with Gasteiger partial charge in [-0.3, -0.25) is 4.90 Å². The molecule has 4 nitrogen and oxygen atoms in total. The van der Waals surface area contributed by atoms with Gasteiger partial charge in [0, 0.05) is 29.7 Å². The smallest absolute Gasteiger partial charge is 0.335 e. The summed E-state index contributed by atoms with van der Waals surface area (Å²) < 4.78 is 2.26. The van der Waals surface area contributed by atoms with E-state index in [4.69, 9.17) is 0 Å². The normalized spacial score (nSPS) is 16.8. The van der Waals surface area contributed by atoms with Crippen LogP contribution in [0.1, 0.15) is 61.5 Å². The van der Waals surface area contributed by atoms with Crippen LogP contribution in [-0.2, 0) is 6.54 Å². The van der Waals surface area contributed by atoms with Gasteiger partial charge >= 0.3 is 5.97 Å². The third kappa shape index (κ3) is 3.42. The summed E-state index contributed by atoms with van der Waals surface area (Å²) in [4.78, 5) is 13.8. The predicted molar refractivity (Wildman–Crippen MR) is 93.0 cm³/mol. The van der Waals surface area contributed by atoms with Crippen molar-refractivity contribution in [3.8, 4) is 0 Å². The summed E-state index contributed by atoms with van der Waals surface area (Å²) in [5.41, 5.74) is 2.75. The second kappa shape index (κ2) is 6.75. The Labute approximate surface area is 137 Å². The molecular formula is C19H26N2O2. The molecule has 0 unspecified atom stereocenters. The second-order valence-corrected chi connectivity index (χ2v) is 6.88. The lowest BCUT2D eigenvalue weighted by atomic mass is 10.1. The Hall–Kier alpha value is -1.81. The van der Waals surface area contributed by atoms with E-state index in [1.54, 1.807) is 6.07 Å². The number of likely N-dealkylation sites (tertiary alicyclic amines) is 1. The zero-order valence-electron chi connectivity index (χ0n) is 14.1. The number of aromatic nitrogens is 1. The first-order chi connectivity index (χ1) is 11.1. The topological polar surface area (TPSA) is 45.5 Å². The van der Waals surface area contributed by atoms with Gasteiger partial charge in [0.15, 0.2) is 0 Å². The van der Waals surface area contributed by atoms with Crippen LogP contribution in [0, 0.1) is 0 Å². The highest BCUT2D eigenvalue weighted by Crippen LogP contribution is 2.27. The summed E-state index contributed by atoms with van der Waals surface area (Å²) in [6.45, 7) is 7.54. The maximum absolute atomic E-state index is 11.3. The number of aromatic carboxylic acids is 1. The van der Waals surface area contributed by atoms with E-state index < -0.39 is 5.97 Å². The van der Waals surface area contributed by atoms with Crippen LogP contribution >= 0.6 is 0 Å². The van der Waals surface area contributed by atoms with Crippen LogP contribution in [0.15, 0.2) is 24.4 Å². The molecule has 0 atom stereocenters. The van der Waals surface area contributed by atoms with Gasteiger partial charge in [0.05, 0.1) is 5.56 Å². The van der Waals surface area contributed by atoms with Gasteiger partial charge in [-0.2, -0.15) is 0 Å². The van der Waals surface area contributed by atoms with Crippen LogP contribution in [-0.4, -0.2) is 33.6 Å². The molecule has 0 amide bonds. The van der Waals surface area contributed by atoms with Crippen LogP contribution in [0.2, 0.25) is 0 Å². The first-order valence-corrected chi connectivity index (χ1v) is 8.65. The van der Waals surface area contributed by atoms with Crippen LogP contribution in [0.25, 0.3) is 10.9 Å². The fourth-order valence-corrected chi connectivity index (χ4v) is 3.55. The first-order valence-electron chi connectivity index (χ1n) is 8.65. The Morgan fingerprint density at radius 3 is 2.48 bits per heavy atom. The summed E-state index contributed by atoms with van der Waals surface area (Å²) in [6.07, 6.45) is 7.40. The van der Waals surface area contributed by atoms with Gasteiger partial charge in [-0.1, -0.05) is 12.8 Å². The molecule has 2 heterocycles. The summed E-state index contributed by atoms with van der Waals surface area (Å²) in [7, 11) is 0. The molecule has 23 heavy (non-hydrogen) atoms. The number of carbonyl (C=O) groups is 1. The molecule has 1 saturated heterocycles.